The van der Waals surface area contributed by atoms with Crippen molar-refractivity contribution in [2.45, 2.75) is 31.7 Å². The molecule has 0 amide bonds. The number of hydrogen-bond acceptors (Lipinski definition) is 6. The van der Waals surface area contributed by atoms with Gasteiger partial charge in [-0.1, -0.05) is 12.1 Å². The maximum Gasteiger partial charge on any atom is 0.240 e. The van der Waals surface area contributed by atoms with Crippen molar-refractivity contribution >= 4 is 15.7 Å². The zero-order valence-corrected chi connectivity index (χ0v) is 12.8. The number of anilines is 1. The molecule has 1 aromatic heterocycles. The molecule has 1 aromatic carbocycles. The lowest BCUT2D eigenvalue weighted by Crippen LogP contribution is -2.24. The van der Waals surface area contributed by atoms with Crippen LogP contribution in [0.2, 0.25) is 0 Å². The van der Waals surface area contributed by atoms with Gasteiger partial charge in [-0.25, -0.2) is 13.1 Å². The van der Waals surface area contributed by atoms with Gasteiger partial charge in [0.2, 0.25) is 15.9 Å². The number of nitrogens with zero attached hydrogens (tertiary/aromatic N) is 2. The summed E-state index contributed by atoms with van der Waals surface area (Å²) in [6, 6.07) is 6.52. The second-order valence-corrected chi connectivity index (χ2v) is 6.27. The Hall–Kier alpha value is -1.93. The van der Waals surface area contributed by atoms with Gasteiger partial charge in [0.05, 0.1) is 11.4 Å². The van der Waals surface area contributed by atoms with Crippen LogP contribution in [0.15, 0.2) is 33.7 Å². The lowest BCUT2D eigenvalue weighted by molar-refractivity contribution is 0.388. The summed E-state index contributed by atoms with van der Waals surface area (Å²) in [5, 5.41) is 6.86. The third kappa shape index (κ3) is 4.27. The predicted octanol–water partition coefficient (Wildman–Crippen LogP) is 1.68. The Labute approximate surface area is 123 Å². The fraction of sp³-hybridized carbons (Fsp3) is 0.385. The van der Waals surface area contributed by atoms with Gasteiger partial charge < -0.3 is 9.84 Å². The first-order valence-electron chi connectivity index (χ1n) is 6.64. The number of hydrogen-bond donors (Lipinski definition) is 2. The maximum absolute atomic E-state index is 11.9. The van der Waals surface area contributed by atoms with Gasteiger partial charge in [0.15, 0.2) is 5.82 Å². The van der Waals surface area contributed by atoms with Gasteiger partial charge in [-0.2, -0.15) is 4.98 Å². The first-order chi connectivity index (χ1) is 10.0. The fourth-order valence-electron chi connectivity index (χ4n) is 1.67. The lowest BCUT2D eigenvalue weighted by Gasteiger charge is -2.07. The molecule has 2 N–H and O–H groups in total. The van der Waals surface area contributed by atoms with Gasteiger partial charge in [0, 0.05) is 19.2 Å². The van der Waals surface area contributed by atoms with Crippen molar-refractivity contribution in [3.63, 3.8) is 0 Å². The molecule has 0 saturated carbocycles. The van der Waals surface area contributed by atoms with Gasteiger partial charge in [-0.3, -0.25) is 0 Å². The summed E-state index contributed by atoms with van der Waals surface area (Å²) in [6.07, 6.45) is 0.753. The van der Waals surface area contributed by atoms with Crippen LogP contribution in [0.3, 0.4) is 0 Å². The standard InChI is InChI=1S/C13H18N4O3S/c1-3-8-15-21(18,19)12-6-4-11(5-7-12)14-9-13-16-10(2)20-17-13/h4-7,14-15H,3,8-9H2,1-2H3. The topological polar surface area (TPSA) is 97.1 Å². The zero-order chi connectivity index (χ0) is 15.3. The number of aryl methyl sites for hydroxylation is 1. The van der Waals surface area contributed by atoms with Crippen molar-refractivity contribution in [2.24, 2.45) is 0 Å². The van der Waals surface area contributed by atoms with Crippen LogP contribution in [0.5, 0.6) is 0 Å². The predicted molar refractivity (Wildman–Crippen MR) is 78.3 cm³/mol. The molecule has 0 spiro atoms. The highest BCUT2D eigenvalue weighted by molar-refractivity contribution is 7.89. The highest BCUT2D eigenvalue weighted by Crippen LogP contribution is 2.14. The molecule has 21 heavy (non-hydrogen) atoms. The molecule has 0 fully saturated rings. The van der Waals surface area contributed by atoms with Crippen LogP contribution >= 0.6 is 0 Å². The van der Waals surface area contributed by atoms with E-state index in [-0.39, 0.29) is 4.90 Å². The summed E-state index contributed by atoms with van der Waals surface area (Å²) in [4.78, 5) is 4.32. The minimum Gasteiger partial charge on any atom is -0.378 e. The van der Waals surface area contributed by atoms with E-state index in [0.29, 0.717) is 24.8 Å². The normalized spacial score (nSPS) is 11.5. The Bertz CT molecular complexity index is 680. The first-order valence-corrected chi connectivity index (χ1v) is 8.12. The van der Waals surface area contributed by atoms with E-state index in [4.69, 9.17) is 4.52 Å². The van der Waals surface area contributed by atoms with Crippen LogP contribution in [0.25, 0.3) is 0 Å². The molecule has 0 aliphatic rings. The Balaban J connectivity index is 1.98. The van der Waals surface area contributed by atoms with Crippen LogP contribution in [-0.2, 0) is 16.6 Å². The minimum absolute atomic E-state index is 0.247. The Morgan fingerprint density at radius 1 is 1.24 bits per heavy atom. The molecule has 0 aliphatic carbocycles. The van der Waals surface area contributed by atoms with Crippen LogP contribution < -0.4 is 10.0 Å². The maximum atomic E-state index is 11.9. The van der Waals surface area contributed by atoms with Crippen LogP contribution in [0.1, 0.15) is 25.1 Å². The summed E-state index contributed by atoms with van der Waals surface area (Å²) in [7, 11) is -3.42. The number of nitrogens with one attached hydrogen (secondary N) is 2. The Kier molecular flexibility index (Phi) is 4.92. The summed E-state index contributed by atoms with van der Waals surface area (Å²) in [5.74, 6) is 1.06. The van der Waals surface area contributed by atoms with Gasteiger partial charge in [0.25, 0.3) is 0 Å². The van der Waals surface area contributed by atoms with E-state index in [1.54, 1.807) is 31.2 Å². The number of sulfonamides is 1. The zero-order valence-electron chi connectivity index (χ0n) is 12.0. The number of benzene rings is 1. The van der Waals surface area contributed by atoms with E-state index in [9.17, 15) is 8.42 Å². The second kappa shape index (κ2) is 6.68. The average Bonchev–Trinajstić information content (AvgIpc) is 2.89. The second-order valence-electron chi connectivity index (χ2n) is 4.51. The first kappa shape index (κ1) is 15.5. The highest BCUT2D eigenvalue weighted by Gasteiger charge is 2.12. The van der Waals surface area contributed by atoms with E-state index >= 15 is 0 Å². The van der Waals surface area contributed by atoms with Gasteiger partial charge in [-0.05, 0) is 30.7 Å². The molecular weight excluding hydrogens is 292 g/mol. The summed E-state index contributed by atoms with van der Waals surface area (Å²) >= 11 is 0. The molecule has 1 heterocycles. The molecule has 0 aliphatic heterocycles. The quantitative estimate of drug-likeness (QED) is 0.807. The van der Waals surface area contributed by atoms with Crippen molar-refractivity contribution in [1.82, 2.24) is 14.9 Å². The lowest BCUT2D eigenvalue weighted by atomic mass is 10.3. The van der Waals surface area contributed by atoms with E-state index in [1.807, 2.05) is 6.92 Å². The van der Waals surface area contributed by atoms with Crippen LogP contribution in [-0.4, -0.2) is 25.1 Å². The summed E-state index contributed by atoms with van der Waals surface area (Å²) in [6.45, 7) is 4.48. The van der Waals surface area contributed by atoms with Crippen molar-refractivity contribution < 1.29 is 12.9 Å². The molecule has 0 unspecified atom stereocenters. The van der Waals surface area contributed by atoms with E-state index in [1.165, 1.54) is 0 Å². The van der Waals surface area contributed by atoms with Gasteiger partial charge in [-0.15, -0.1) is 0 Å². The average molecular weight is 310 g/mol. The van der Waals surface area contributed by atoms with Crippen LogP contribution in [0.4, 0.5) is 5.69 Å². The third-order valence-electron chi connectivity index (χ3n) is 2.73. The van der Waals surface area contributed by atoms with E-state index in [0.717, 1.165) is 12.1 Å². The van der Waals surface area contributed by atoms with E-state index in [2.05, 4.69) is 20.2 Å². The van der Waals surface area contributed by atoms with Crippen LogP contribution in [0, 0.1) is 6.92 Å². The van der Waals surface area contributed by atoms with Gasteiger partial charge >= 0.3 is 0 Å². The largest absolute Gasteiger partial charge is 0.378 e. The summed E-state index contributed by atoms with van der Waals surface area (Å²) in [5.41, 5.74) is 0.784. The fourth-order valence-corrected chi connectivity index (χ4v) is 2.80. The molecule has 2 aromatic rings. The van der Waals surface area contributed by atoms with Gasteiger partial charge in [0.1, 0.15) is 0 Å². The number of rotatable bonds is 7. The molecule has 7 nitrogen and oxygen atoms in total. The van der Waals surface area contributed by atoms with Crippen molar-refractivity contribution in [3.05, 3.63) is 36.0 Å². The smallest absolute Gasteiger partial charge is 0.240 e. The molecule has 0 atom stereocenters. The number of aromatic nitrogens is 2. The molecular formula is C13H18N4O3S. The molecule has 0 radical (unpaired) electrons. The molecule has 8 heteroatoms. The molecule has 2 rings (SSSR count). The van der Waals surface area contributed by atoms with Crippen molar-refractivity contribution in [1.29, 1.82) is 0 Å². The van der Waals surface area contributed by atoms with E-state index < -0.39 is 10.0 Å². The molecule has 0 bridgehead atoms. The SMILES string of the molecule is CCCNS(=O)(=O)c1ccc(NCc2noc(C)n2)cc1. The highest BCUT2D eigenvalue weighted by atomic mass is 32.2. The monoisotopic (exact) mass is 310 g/mol. The molecule has 114 valence electrons. The van der Waals surface area contributed by atoms with Crippen molar-refractivity contribution in [3.8, 4) is 0 Å². The summed E-state index contributed by atoms with van der Waals surface area (Å²) < 4.78 is 31.2. The third-order valence-corrected chi connectivity index (χ3v) is 4.20. The Morgan fingerprint density at radius 3 is 2.52 bits per heavy atom. The Morgan fingerprint density at radius 2 is 1.95 bits per heavy atom. The molecule has 0 saturated heterocycles. The minimum atomic E-state index is -3.42. The van der Waals surface area contributed by atoms with Crippen molar-refractivity contribution in [2.75, 3.05) is 11.9 Å².